The van der Waals surface area contributed by atoms with Gasteiger partial charge < -0.3 is 4.55 Å². The Kier molecular flexibility index (Phi) is 6.34. The van der Waals surface area contributed by atoms with Crippen LogP contribution in [-0.2, 0) is 11.4 Å². The van der Waals surface area contributed by atoms with Crippen LogP contribution >= 0.6 is 0 Å². The molecule has 0 saturated carbocycles. The summed E-state index contributed by atoms with van der Waals surface area (Å²) in [5.41, 5.74) is 3.82. The summed E-state index contributed by atoms with van der Waals surface area (Å²) in [6.07, 6.45) is 1.78. The molecule has 0 aliphatic carbocycles. The Morgan fingerprint density at radius 2 is 1.85 bits per heavy atom. The van der Waals surface area contributed by atoms with E-state index in [0.717, 1.165) is 27.9 Å². The summed E-state index contributed by atoms with van der Waals surface area (Å²) >= 11 is -1.19. The molecule has 8 heteroatoms. The maximum absolute atomic E-state index is 12.5. The number of pyridine rings is 2. The summed E-state index contributed by atoms with van der Waals surface area (Å²) in [5, 5.41) is 5.44. The van der Waals surface area contributed by atoms with Crippen LogP contribution in [0, 0.1) is 0 Å². The molecule has 1 unspecified atom stereocenters. The first kappa shape index (κ1) is 23.1. The van der Waals surface area contributed by atoms with E-state index in [1.165, 1.54) is 6.92 Å². The van der Waals surface area contributed by atoms with Crippen molar-refractivity contribution in [3.05, 3.63) is 72.2 Å². The Bertz CT molecular complexity index is 1310. The minimum Gasteiger partial charge on any atom is -0.598 e. The molecule has 1 aromatic carbocycles. The molecule has 3 aromatic heterocycles. The first-order valence-electron chi connectivity index (χ1n) is 10.7. The SMILES string of the molecule is CC(=O)c1cccc(-n2ncc3ccc(-c4cccc([C@H](C)N[S+]([O-])C(C)(C)C)n4)cc32)n1. The maximum atomic E-state index is 12.5. The van der Waals surface area contributed by atoms with Gasteiger partial charge in [-0.25, -0.2) is 9.67 Å². The van der Waals surface area contributed by atoms with Crippen molar-refractivity contribution >= 4 is 28.0 Å². The van der Waals surface area contributed by atoms with Crippen LogP contribution in [0.2, 0.25) is 0 Å². The van der Waals surface area contributed by atoms with Gasteiger partial charge in [-0.15, -0.1) is 4.72 Å². The van der Waals surface area contributed by atoms with Crippen LogP contribution in [0.4, 0.5) is 0 Å². The van der Waals surface area contributed by atoms with Crippen molar-refractivity contribution in [3.8, 4) is 17.1 Å². The highest BCUT2D eigenvalue weighted by Gasteiger charge is 2.28. The molecule has 1 N–H and O–H groups in total. The van der Waals surface area contributed by atoms with Crippen molar-refractivity contribution in [1.82, 2.24) is 24.5 Å². The second kappa shape index (κ2) is 9.05. The summed E-state index contributed by atoms with van der Waals surface area (Å²) in [6, 6.07) is 17.0. The fourth-order valence-corrected chi connectivity index (χ4v) is 4.14. The van der Waals surface area contributed by atoms with Crippen molar-refractivity contribution in [1.29, 1.82) is 0 Å². The number of Topliss-reactive ketones (excluding diaryl/α,β-unsaturated/α-hetero) is 1. The predicted octanol–water partition coefficient (Wildman–Crippen LogP) is 4.80. The summed E-state index contributed by atoms with van der Waals surface area (Å²) in [6.45, 7) is 9.27. The summed E-state index contributed by atoms with van der Waals surface area (Å²) in [5.74, 6) is 0.490. The average Bonchev–Trinajstić information content (AvgIpc) is 3.22. The molecule has 4 aromatic rings. The minimum atomic E-state index is -1.19. The van der Waals surface area contributed by atoms with Crippen LogP contribution in [0.1, 0.15) is 56.8 Å². The first-order chi connectivity index (χ1) is 15.6. The maximum Gasteiger partial charge on any atom is 0.178 e. The quantitative estimate of drug-likeness (QED) is 0.327. The molecule has 4 rings (SSSR count). The van der Waals surface area contributed by atoms with Gasteiger partial charge in [-0.3, -0.25) is 9.78 Å². The van der Waals surface area contributed by atoms with Crippen molar-refractivity contribution in [2.24, 2.45) is 0 Å². The van der Waals surface area contributed by atoms with Crippen LogP contribution in [0.25, 0.3) is 28.0 Å². The predicted molar refractivity (Wildman–Crippen MR) is 132 cm³/mol. The number of carbonyl (C=O) groups excluding carboxylic acids is 1. The van der Waals surface area contributed by atoms with Gasteiger partial charge in [-0.1, -0.05) is 24.3 Å². The second-order valence-corrected chi connectivity index (χ2v) is 10.9. The van der Waals surface area contributed by atoms with E-state index in [2.05, 4.69) is 14.8 Å². The van der Waals surface area contributed by atoms with Gasteiger partial charge in [0.1, 0.15) is 10.4 Å². The fourth-order valence-electron chi connectivity index (χ4n) is 3.35. The van der Waals surface area contributed by atoms with Crippen molar-refractivity contribution in [3.63, 3.8) is 0 Å². The third-order valence-electron chi connectivity index (χ3n) is 5.23. The number of hydrogen-bond donors (Lipinski definition) is 1. The molecular weight excluding hydrogens is 434 g/mol. The van der Waals surface area contributed by atoms with E-state index < -0.39 is 11.4 Å². The molecule has 2 atom stereocenters. The minimum absolute atomic E-state index is 0.0925. The van der Waals surface area contributed by atoms with E-state index in [-0.39, 0.29) is 16.6 Å². The Morgan fingerprint density at radius 3 is 2.58 bits per heavy atom. The molecule has 0 radical (unpaired) electrons. The molecular formula is C25H27N5O2S. The highest BCUT2D eigenvalue weighted by atomic mass is 32.2. The third-order valence-corrected chi connectivity index (χ3v) is 6.91. The van der Waals surface area contributed by atoms with Crippen molar-refractivity contribution < 1.29 is 9.35 Å². The number of nitrogens with zero attached hydrogens (tertiary/aromatic N) is 4. The van der Waals surface area contributed by atoms with Crippen LogP contribution in [0.15, 0.2) is 60.8 Å². The summed E-state index contributed by atoms with van der Waals surface area (Å²) in [7, 11) is 0. The molecule has 0 amide bonds. The van der Waals surface area contributed by atoms with Crippen LogP contribution < -0.4 is 4.72 Å². The lowest BCUT2D eigenvalue weighted by Gasteiger charge is -2.26. The molecule has 0 fully saturated rings. The lowest BCUT2D eigenvalue weighted by atomic mass is 10.1. The highest BCUT2D eigenvalue weighted by Crippen LogP contribution is 2.26. The Morgan fingerprint density at radius 1 is 1.09 bits per heavy atom. The molecule has 0 aliphatic heterocycles. The van der Waals surface area contributed by atoms with Crippen LogP contribution in [-0.4, -0.2) is 34.8 Å². The van der Waals surface area contributed by atoms with Gasteiger partial charge in [0, 0.05) is 29.2 Å². The Labute approximate surface area is 196 Å². The summed E-state index contributed by atoms with van der Waals surface area (Å²) < 4.78 is 17.0. The summed E-state index contributed by atoms with van der Waals surface area (Å²) in [4.78, 5) is 21.0. The van der Waals surface area contributed by atoms with Gasteiger partial charge in [0.2, 0.25) is 0 Å². The molecule has 170 valence electrons. The number of ketones is 1. The van der Waals surface area contributed by atoms with E-state index in [1.54, 1.807) is 23.0 Å². The van der Waals surface area contributed by atoms with E-state index >= 15 is 0 Å². The van der Waals surface area contributed by atoms with E-state index in [4.69, 9.17) is 4.98 Å². The third kappa shape index (κ3) is 4.98. The molecule has 0 bridgehead atoms. The monoisotopic (exact) mass is 461 g/mol. The Hall–Kier alpha value is -3.07. The fraction of sp³-hybridized carbons (Fsp3) is 0.280. The number of rotatable bonds is 6. The van der Waals surface area contributed by atoms with E-state index in [0.29, 0.717) is 11.5 Å². The number of hydrogen-bond acceptors (Lipinski definition) is 6. The zero-order chi connectivity index (χ0) is 23.8. The lowest BCUT2D eigenvalue weighted by Crippen LogP contribution is -2.40. The second-order valence-electron chi connectivity index (χ2n) is 8.94. The number of nitrogens with one attached hydrogen (secondary N) is 1. The van der Waals surface area contributed by atoms with Gasteiger partial charge in [0.25, 0.3) is 0 Å². The van der Waals surface area contributed by atoms with E-state index in [9.17, 15) is 9.35 Å². The topological polar surface area (TPSA) is 95.8 Å². The molecule has 0 saturated heterocycles. The number of benzene rings is 1. The molecule has 33 heavy (non-hydrogen) atoms. The van der Waals surface area contributed by atoms with Gasteiger partial charge >= 0.3 is 0 Å². The molecule has 0 spiro atoms. The number of fused-ring (bicyclic) bond motifs is 1. The molecule has 7 nitrogen and oxygen atoms in total. The standard InChI is InChI=1S/C25H27N5O2S/c1-16(29-33(32)25(3,4)5)20-8-6-10-22(27-20)18-12-13-19-15-26-30(23(19)14-18)24-11-7-9-21(28-24)17(2)31/h6-16,29H,1-5H3/t16-,33?/m0/s1. The van der Waals surface area contributed by atoms with Gasteiger partial charge in [-0.05, 0) is 58.0 Å². The van der Waals surface area contributed by atoms with Crippen LogP contribution in [0.3, 0.4) is 0 Å². The highest BCUT2D eigenvalue weighted by molar-refractivity contribution is 7.90. The normalized spacial score (nSPS) is 13.8. The van der Waals surface area contributed by atoms with Gasteiger partial charge in [0.05, 0.1) is 29.1 Å². The van der Waals surface area contributed by atoms with E-state index in [1.807, 2.05) is 70.2 Å². The lowest BCUT2D eigenvalue weighted by molar-refractivity contribution is 0.101. The number of aromatic nitrogens is 4. The van der Waals surface area contributed by atoms with Gasteiger partial charge in [0.15, 0.2) is 11.6 Å². The molecule has 3 heterocycles. The number of carbonyl (C=O) groups is 1. The van der Waals surface area contributed by atoms with Gasteiger partial charge in [-0.2, -0.15) is 5.10 Å². The largest absolute Gasteiger partial charge is 0.598 e. The molecule has 0 aliphatic rings. The first-order valence-corrected chi connectivity index (χ1v) is 11.9. The average molecular weight is 462 g/mol. The van der Waals surface area contributed by atoms with Crippen LogP contribution in [0.5, 0.6) is 0 Å². The van der Waals surface area contributed by atoms with Crippen molar-refractivity contribution in [2.75, 3.05) is 0 Å². The smallest absolute Gasteiger partial charge is 0.178 e. The van der Waals surface area contributed by atoms with Crippen molar-refractivity contribution in [2.45, 2.75) is 45.4 Å². The zero-order valence-corrected chi connectivity index (χ0v) is 20.2. The Balaban J connectivity index is 1.69. The zero-order valence-electron chi connectivity index (χ0n) is 19.4.